The van der Waals surface area contributed by atoms with E-state index in [0.717, 1.165) is 11.8 Å². The summed E-state index contributed by atoms with van der Waals surface area (Å²) < 4.78 is 0. The predicted octanol–water partition coefficient (Wildman–Crippen LogP) is -0.531. The monoisotopic (exact) mass is 201 g/mol. The Morgan fingerprint density at radius 1 is 1.77 bits per heavy atom. The van der Waals surface area contributed by atoms with Crippen LogP contribution in [0.25, 0.3) is 0 Å². The van der Waals surface area contributed by atoms with Crippen LogP contribution in [-0.4, -0.2) is 28.8 Å². The molecular weight excluding hydrogens is 190 g/mol. The van der Waals surface area contributed by atoms with Crippen LogP contribution in [0.3, 0.4) is 0 Å². The summed E-state index contributed by atoms with van der Waals surface area (Å²) in [5, 5.41) is 2.44. The molecule has 1 heterocycles. The zero-order valence-electron chi connectivity index (χ0n) is 7.24. The molecule has 1 aliphatic heterocycles. The molecule has 0 spiro atoms. The van der Waals surface area contributed by atoms with Crippen molar-refractivity contribution in [1.82, 2.24) is 5.32 Å². The molecule has 1 rings (SSSR count). The van der Waals surface area contributed by atoms with Crippen LogP contribution in [0.2, 0.25) is 0 Å². The first-order chi connectivity index (χ1) is 6.13. The van der Waals surface area contributed by atoms with Gasteiger partial charge in [-0.1, -0.05) is 11.8 Å². The van der Waals surface area contributed by atoms with Crippen LogP contribution in [0.5, 0.6) is 0 Å². The highest BCUT2D eigenvalue weighted by Gasteiger charge is 2.28. The third-order valence-corrected chi connectivity index (χ3v) is 2.49. The molecule has 1 atom stereocenters. The van der Waals surface area contributed by atoms with Gasteiger partial charge in [0.15, 0.2) is 5.17 Å². The Labute approximate surface area is 80.2 Å². The van der Waals surface area contributed by atoms with Crippen molar-refractivity contribution in [2.24, 2.45) is 10.7 Å². The van der Waals surface area contributed by atoms with E-state index in [-0.39, 0.29) is 23.4 Å². The lowest BCUT2D eigenvalue weighted by Crippen LogP contribution is -2.27. The van der Waals surface area contributed by atoms with Crippen molar-refractivity contribution in [3.63, 3.8) is 0 Å². The second-order valence-corrected chi connectivity index (χ2v) is 3.78. The van der Waals surface area contributed by atoms with Crippen molar-refractivity contribution in [2.45, 2.75) is 18.6 Å². The Kier molecular flexibility index (Phi) is 3.30. The average molecular weight is 201 g/mol. The average Bonchev–Trinajstić information content (AvgIpc) is 2.30. The molecule has 0 fully saturated rings. The van der Waals surface area contributed by atoms with Gasteiger partial charge in [-0.05, 0) is 6.92 Å². The Morgan fingerprint density at radius 3 is 2.92 bits per heavy atom. The van der Waals surface area contributed by atoms with Crippen LogP contribution in [0, 0.1) is 0 Å². The van der Waals surface area contributed by atoms with Gasteiger partial charge in [0.1, 0.15) is 5.25 Å². The second kappa shape index (κ2) is 4.27. The zero-order chi connectivity index (χ0) is 9.84. The van der Waals surface area contributed by atoms with Gasteiger partial charge in [0.25, 0.3) is 5.91 Å². The van der Waals surface area contributed by atoms with Gasteiger partial charge in [-0.15, -0.1) is 0 Å². The maximum atomic E-state index is 11.1. The molecule has 0 saturated carbocycles. The molecule has 0 aromatic heterocycles. The highest BCUT2D eigenvalue weighted by molar-refractivity contribution is 8.15. The Hall–Kier alpha value is -1.04. The lowest BCUT2D eigenvalue weighted by atomic mass is 10.3. The van der Waals surface area contributed by atoms with Crippen LogP contribution in [0.4, 0.5) is 0 Å². The fourth-order valence-corrected chi connectivity index (χ4v) is 1.79. The number of nitrogens with zero attached hydrogens (tertiary/aromatic N) is 1. The van der Waals surface area contributed by atoms with E-state index in [9.17, 15) is 9.59 Å². The zero-order valence-corrected chi connectivity index (χ0v) is 8.06. The summed E-state index contributed by atoms with van der Waals surface area (Å²) in [6.07, 6.45) is 0.154. The van der Waals surface area contributed by atoms with Gasteiger partial charge in [-0.25, -0.2) is 0 Å². The van der Waals surface area contributed by atoms with E-state index >= 15 is 0 Å². The maximum Gasteiger partial charge on any atom is 0.262 e. The second-order valence-electron chi connectivity index (χ2n) is 2.55. The SMILES string of the molecule is CCNC(=O)C[C@H]1SC(N)=NC1=O. The number of aliphatic imine (C=N–C) groups is 1. The maximum absolute atomic E-state index is 11.1. The molecule has 0 bridgehead atoms. The third kappa shape index (κ3) is 2.73. The molecule has 1 aliphatic rings. The molecule has 0 aromatic carbocycles. The Balaban J connectivity index is 2.40. The quantitative estimate of drug-likeness (QED) is 0.642. The van der Waals surface area contributed by atoms with E-state index in [1.54, 1.807) is 0 Å². The van der Waals surface area contributed by atoms with Crippen molar-refractivity contribution in [1.29, 1.82) is 0 Å². The van der Waals surface area contributed by atoms with Gasteiger partial charge in [-0.2, -0.15) is 4.99 Å². The smallest absolute Gasteiger partial charge is 0.262 e. The largest absolute Gasteiger partial charge is 0.378 e. The number of carbonyl (C=O) groups is 2. The lowest BCUT2D eigenvalue weighted by molar-refractivity contribution is -0.124. The Morgan fingerprint density at radius 2 is 2.46 bits per heavy atom. The van der Waals surface area contributed by atoms with Crippen LogP contribution >= 0.6 is 11.8 Å². The van der Waals surface area contributed by atoms with Gasteiger partial charge in [0, 0.05) is 13.0 Å². The first-order valence-corrected chi connectivity index (χ1v) is 4.82. The van der Waals surface area contributed by atoms with Crippen molar-refractivity contribution in [3.05, 3.63) is 0 Å². The Bertz CT molecular complexity index is 264. The number of nitrogens with one attached hydrogen (secondary N) is 1. The van der Waals surface area contributed by atoms with Crippen LogP contribution < -0.4 is 11.1 Å². The number of rotatable bonds is 3. The van der Waals surface area contributed by atoms with Crippen molar-refractivity contribution in [3.8, 4) is 0 Å². The van der Waals surface area contributed by atoms with Gasteiger partial charge < -0.3 is 11.1 Å². The standard InChI is InChI=1S/C7H11N3O2S/c1-2-9-5(11)3-4-6(12)10-7(8)13-4/h4H,2-3H2,1H3,(H,9,11)(H2,8,10,12)/t4-/m1/s1. The summed E-state index contributed by atoms with van der Waals surface area (Å²) in [6, 6.07) is 0. The molecule has 0 unspecified atom stereocenters. The van der Waals surface area contributed by atoms with E-state index in [2.05, 4.69) is 10.3 Å². The first kappa shape index (κ1) is 10.0. The molecule has 72 valence electrons. The summed E-state index contributed by atoms with van der Waals surface area (Å²) in [5.74, 6) is -0.452. The minimum Gasteiger partial charge on any atom is -0.378 e. The highest BCUT2D eigenvalue weighted by atomic mass is 32.2. The van der Waals surface area contributed by atoms with E-state index < -0.39 is 5.25 Å². The molecule has 5 nitrogen and oxygen atoms in total. The van der Waals surface area contributed by atoms with Gasteiger partial charge in [0.2, 0.25) is 5.91 Å². The van der Waals surface area contributed by atoms with Gasteiger partial charge >= 0.3 is 0 Å². The molecule has 2 amide bonds. The van der Waals surface area contributed by atoms with E-state index in [0.29, 0.717) is 6.54 Å². The number of carbonyl (C=O) groups excluding carboxylic acids is 2. The fraction of sp³-hybridized carbons (Fsp3) is 0.571. The van der Waals surface area contributed by atoms with Crippen molar-refractivity contribution >= 4 is 28.7 Å². The van der Waals surface area contributed by atoms with Gasteiger partial charge in [0.05, 0.1) is 0 Å². The molecule has 0 aliphatic carbocycles. The minimum atomic E-state index is -0.424. The van der Waals surface area contributed by atoms with E-state index in [4.69, 9.17) is 5.73 Å². The fourth-order valence-electron chi connectivity index (χ4n) is 0.970. The highest BCUT2D eigenvalue weighted by Crippen LogP contribution is 2.22. The molecule has 3 N–H and O–H groups in total. The predicted molar refractivity (Wildman–Crippen MR) is 51.3 cm³/mol. The number of nitrogens with two attached hydrogens (primary N) is 1. The summed E-state index contributed by atoms with van der Waals surface area (Å²) in [4.78, 5) is 25.7. The van der Waals surface area contributed by atoms with Crippen LogP contribution in [0.1, 0.15) is 13.3 Å². The number of amidine groups is 1. The molecule has 6 heteroatoms. The normalized spacial score (nSPS) is 21.5. The molecule has 0 saturated heterocycles. The van der Waals surface area contributed by atoms with Crippen molar-refractivity contribution in [2.75, 3.05) is 6.54 Å². The summed E-state index contributed by atoms with van der Waals surface area (Å²) in [5.41, 5.74) is 5.33. The van der Waals surface area contributed by atoms with E-state index in [1.165, 1.54) is 0 Å². The molecular formula is C7H11N3O2S. The molecule has 0 aromatic rings. The number of thioether (sulfide) groups is 1. The minimum absolute atomic E-state index is 0.141. The van der Waals surface area contributed by atoms with Gasteiger partial charge in [-0.3, -0.25) is 9.59 Å². The van der Waals surface area contributed by atoms with Crippen LogP contribution in [0.15, 0.2) is 4.99 Å². The number of amides is 2. The molecule has 13 heavy (non-hydrogen) atoms. The summed E-state index contributed by atoms with van der Waals surface area (Å²) in [7, 11) is 0. The van der Waals surface area contributed by atoms with E-state index in [1.807, 2.05) is 6.92 Å². The number of hydrogen-bond acceptors (Lipinski definition) is 4. The molecule has 0 radical (unpaired) electrons. The first-order valence-electron chi connectivity index (χ1n) is 3.95. The topological polar surface area (TPSA) is 84.6 Å². The van der Waals surface area contributed by atoms with Crippen LogP contribution in [-0.2, 0) is 9.59 Å². The summed E-state index contributed by atoms with van der Waals surface area (Å²) in [6.45, 7) is 2.40. The van der Waals surface area contributed by atoms with Crippen molar-refractivity contribution < 1.29 is 9.59 Å². The third-order valence-electron chi connectivity index (χ3n) is 1.50. The number of hydrogen-bond donors (Lipinski definition) is 2. The lowest BCUT2D eigenvalue weighted by Gasteiger charge is -2.05. The summed E-state index contributed by atoms with van der Waals surface area (Å²) >= 11 is 1.15.